The zero-order valence-electron chi connectivity index (χ0n) is 15.3. The van der Waals surface area contributed by atoms with E-state index in [4.69, 9.17) is 4.74 Å². The summed E-state index contributed by atoms with van der Waals surface area (Å²) in [7, 11) is 1.79. The second kappa shape index (κ2) is 10.2. The number of unbranched alkanes of at least 4 members (excludes halogenated alkanes) is 2. The van der Waals surface area contributed by atoms with Gasteiger partial charge in [-0.3, -0.25) is 4.90 Å². The number of hydrogen-bond donors (Lipinski definition) is 1. The van der Waals surface area contributed by atoms with Crippen LogP contribution < -0.4 is 0 Å². The van der Waals surface area contributed by atoms with Gasteiger partial charge in [-0.2, -0.15) is 0 Å². The van der Waals surface area contributed by atoms with Crippen molar-refractivity contribution in [3.63, 3.8) is 0 Å². The lowest BCUT2D eigenvalue weighted by atomic mass is 10.1. The highest BCUT2D eigenvalue weighted by atomic mass is 16.5. The Bertz CT molecular complexity index is 547. The van der Waals surface area contributed by atoms with Crippen molar-refractivity contribution < 1.29 is 14.6 Å². The molecule has 2 rings (SSSR count). The Morgan fingerprint density at radius 1 is 1.32 bits per heavy atom. The van der Waals surface area contributed by atoms with Gasteiger partial charge in [0.25, 0.3) is 0 Å². The van der Waals surface area contributed by atoms with Gasteiger partial charge in [-0.1, -0.05) is 68.7 Å². The van der Waals surface area contributed by atoms with E-state index in [2.05, 4.69) is 6.92 Å². The van der Waals surface area contributed by atoms with Gasteiger partial charge in [-0.25, -0.2) is 4.79 Å². The molecule has 0 aromatic heterocycles. The lowest BCUT2D eigenvalue weighted by Gasteiger charge is -2.21. The van der Waals surface area contributed by atoms with Gasteiger partial charge in [-0.05, 0) is 12.0 Å². The van der Waals surface area contributed by atoms with Gasteiger partial charge in [-0.15, -0.1) is 0 Å². The van der Waals surface area contributed by atoms with Crippen molar-refractivity contribution in [1.82, 2.24) is 9.80 Å². The van der Waals surface area contributed by atoms with Crippen molar-refractivity contribution in [3.8, 4) is 0 Å². The van der Waals surface area contributed by atoms with E-state index in [9.17, 15) is 9.90 Å². The first-order valence-electron chi connectivity index (χ1n) is 9.11. The van der Waals surface area contributed by atoms with Crippen LogP contribution in [0.25, 0.3) is 0 Å². The minimum Gasteiger partial charge on any atom is -0.389 e. The summed E-state index contributed by atoms with van der Waals surface area (Å²) in [5, 5.41) is 10.0. The van der Waals surface area contributed by atoms with E-state index < -0.39 is 6.10 Å². The summed E-state index contributed by atoms with van der Waals surface area (Å²) in [6.45, 7) is 3.49. The molecule has 1 aromatic rings. The van der Waals surface area contributed by atoms with Crippen molar-refractivity contribution in [2.45, 2.75) is 51.4 Å². The molecule has 0 radical (unpaired) electrons. The third-order valence-electron chi connectivity index (χ3n) is 4.43. The Kier molecular flexibility index (Phi) is 7.95. The van der Waals surface area contributed by atoms with E-state index in [0.717, 1.165) is 31.2 Å². The van der Waals surface area contributed by atoms with E-state index in [-0.39, 0.29) is 18.8 Å². The second-order valence-corrected chi connectivity index (χ2v) is 6.61. The van der Waals surface area contributed by atoms with Gasteiger partial charge < -0.3 is 14.7 Å². The summed E-state index contributed by atoms with van der Waals surface area (Å²) in [5.74, 6) is 0. The number of hydrogen-bond acceptors (Lipinski definition) is 3. The van der Waals surface area contributed by atoms with Crippen molar-refractivity contribution >= 4 is 6.03 Å². The molecular weight excluding hydrogens is 316 g/mol. The number of aliphatic hydroxyl groups excluding tert-OH is 1. The number of urea groups is 1. The molecule has 0 aliphatic carbocycles. The SMILES string of the molecule is CCCCCC(O)C=CC1CN(C)C(=O)N1COCc1ccccc1. The zero-order valence-corrected chi connectivity index (χ0v) is 15.3. The fraction of sp³-hybridized carbons (Fsp3) is 0.550. The molecule has 1 N–H and O–H groups in total. The molecule has 0 spiro atoms. The number of amides is 2. The van der Waals surface area contributed by atoms with Crippen molar-refractivity contribution in [3.05, 3.63) is 48.0 Å². The summed E-state index contributed by atoms with van der Waals surface area (Å²) < 4.78 is 5.72. The molecule has 1 heterocycles. The summed E-state index contributed by atoms with van der Waals surface area (Å²) in [6.07, 6.45) is 7.38. The molecule has 1 aromatic carbocycles. The van der Waals surface area contributed by atoms with E-state index in [1.807, 2.05) is 42.5 Å². The Morgan fingerprint density at radius 3 is 2.80 bits per heavy atom. The van der Waals surface area contributed by atoms with Crippen LogP contribution in [0.3, 0.4) is 0 Å². The highest BCUT2D eigenvalue weighted by molar-refractivity contribution is 5.77. The van der Waals surface area contributed by atoms with Crippen LogP contribution in [-0.4, -0.2) is 53.4 Å². The highest BCUT2D eigenvalue weighted by Gasteiger charge is 2.33. The third kappa shape index (κ3) is 6.18. The maximum absolute atomic E-state index is 12.3. The first kappa shape index (κ1) is 19.5. The molecule has 1 aliphatic heterocycles. The Labute approximate surface area is 150 Å². The number of aliphatic hydroxyl groups is 1. The molecule has 1 fully saturated rings. The third-order valence-corrected chi connectivity index (χ3v) is 4.43. The van der Waals surface area contributed by atoms with E-state index in [1.54, 1.807) is 16.8 Å². The van der Waals surface area contributed by atoms with Gasteiger partial charge in [0.05, 0.1) is 18.8 Å². The molecule has 2 amide bonds. The number of carbonyl (C=O) groups is 1. The van der Waals surface area contributed by atoms with E-state index in [0.29, 0.717) is 13.2 Å². The average molecular weight is 346 g/mol. The number of nitrogens with zero attached hydrogens (tertiary/aromatic N) is 2. The van der Waals surface area contributed by atoms with Gasteiger partial charge in [0.15, 0.2) is 0 Å². The molecule has 0 saturated carbocycles. The van der Waals surface area contributed by atoms with Gasteiger partial charge in [0, 0.05) is 13.6 Å². The molecule has 138 valence electrons. The first-order valence-corrected chi connectivity index (χ1v) is 9.11. The quantitative estimate of drug-likeness (QED) is 0.522. The van der Waals surface area contributed by atoms with Crippen LogP contribution in [-0.2, 0) is 11.3 Å². The molecule has 1 aliphatic rings. The smallest absolute Gasteiger partial charge is 0.322 e. The Morgan fingerprint density at radius 2 is 2.08 bits per heavy atom. The van der Waals surface area contributed by atoms with Crippen molar-refractivity contribution in [2.24, 2.45) is 0 Å². The minimum atomic E-state index is -0.445. The monoisotopic (exact) mass is 346 g/mol. The maximum atomic E-state index is 12.3. The molecule has 0 bridgehead atoms. The number of rotatable bonds is 10. The van der Waals surface area contributed by atoms with Gasteiger partial charge in [0.1, 0.15) is 6.73 Å². The molecular formula is C20H30N2O3. The summed E-state index contributed by atoms with van der Waals surface area (Å²) >= 11 is 0. The second-order valence-electron chi connectivity index (χ2n) is 6.61. The van der Waals surface area contributed by atoms with Crippen molar-refractivity contribution in [2.75, 3.05) is 20.3 Å². The fourth-order valence-corrected chi connectivity index (χ4v) is 2.93. The maximum Gasteiger partial charge on any atom is 0.322 e. The highest BCUT2D eigenvalue weighted by Crippen LogP contribution is 2.17. The fourth-order valence-electron chi connectivity index (χ4n) is 2.93. The minimum absolute atomic E-state index is 0.0387. The zero-order chi connectivity index (χ0) is 18.1. The number of ether oxygens (including phenoxy) is 1. The number of carbonyl (C=O) groups excluding carboxylic acids is 1. The van der Waals surface area contributed by atoms with Crippen LogP contribution in [0.4, 0.5) is 4.79 Å². The summed E-state index contributed by atoms with van der Waals surface area (Å²) in [6, 6.07) is 9.81. The van der Waals surface area contributed by atoms with Crippen LogP contribution in [0.1, 0.15) is 38.2 Å². The number of benzene rings is 1. The predicted octanol–water partition coefficient (Wildman–Crippen LogP) is 3.39. The largest absolute Gasteiger partial charge is 0.389 e. The molecule has 2 unspecified atom stereocenters. The van der Waals surface area contributed by atoms with Crippen LogP contribution in [0, 0.1) is 0 Å². The van der Waals surface area contributed by atoms with E-state index in [1.165, 1.54) is 0 Å². The van der Waals surface area contributed by atoms with Crippen LogP contribution in [0.2, 0.25) is 0 Å². The Balaban J connectivity index is 1.84. The van der Waals surface area contributed by atoms with Gasteiger partial charge >= 0.3 is 6.03 Å². The molecule has 5 heteroatoms. The molecule has 2 atom stereocenters. The normalized spacial score (nSPS) is 19.2. The van der Waals surface area contributed by atoms with Crippen LogP contribution in [0.5, 0.6) is 0 Å². The molecule has 5 nitrogen and oxygen atoms in total. The molecule has 25 heavy (non-hydrogen) atoms. The number of likely N-dealkylation sites (N-methyl/N-ethyl adjacent to an activating group) is 1. The van der Waals surface area contributed by atoms with Crippen LogP contribution in [0.15, 0.2) is 42.5 Å². The van der Waals surface area contributed by atoms with Crippen molar-refractivity contribution in [1.29, 1.82) is 0 Å². The first-order chi connectivity index (χ1) is 12.1. The van der Waals surface area contributed by atoms with Gasteiger partial charge in [0.2, 0.25) is 0 Å². The molecule has 1 saturated heterocycles. The standard InChI is InChI=1S/C20H30N2O3/c1-3-4-6-11-19(23)13-12-18-14-21(2)20(24)22(18)16-25-15-17-9-7-5-8-10-17/h5,7-10,12-13,18-19,23H,3-4,6,11,14-16H2,1-2H3. The lowest BCUT2D eigenvalue weighted by Crippen LogP contribution is -2.35. The van der Waals surface area contributed by atoms with E-state index >= 15 is 0 Å². The lowest BCUT2D eigenvalue weighted by molar-refractivity contribution is 0.0369. The summed E-state index contributed by atoms with van der Waals surface area (Å²) in [5.41, 5.74) is 1.08. The summed E-state index contributed by atoms with van der Waals surface area (Å²) in [4.78, 5) is 15.7. The Hall–Kier alpha value is -1.85. The topological polar surface area (TPSA) is 53.0 Å². The average Bonchev–Trinajstić information content (AvgIpc) is 2.89. The predicted molar refractivity (Wildman–Crippen MR) is 99.0 cm³/mol. The van der Waals surface area contributed by atoms with Crippen LogP contribution >= 0.6 is 0 Å².